The second kappa shape index (κ2) is 9.66. The van der Waals surface area contributed by atoms with E-state index in [0.717, 1.165) is 41.6 Å². The number of anilines is 1. The lowest BCUT2D eigenvalue weighted by atomic mass is 10.1. The van der Waals surface area contributed by atoms with E-state index in [1.165, 1.54) is 17.5 Å². The number of methoxy groups -OCH3 is 1. The number of amides is 1. The van der Waals surface area contributed by atoms with Gasteiger partial charge in [-0.05, 0) is 68.5 Å². The van der Waals surface area contributed by atoms with Crippen molar-refractivity contribution in [1.29, 1.82) is 0 Å². The minimum absolute atomic E-state index is 0.129. The third-order valence-electron chi connectivity index (χ3n) is 5.47. The van der Waals surface area contributed by atoms with Gasteiger partial charge >= 0.3 is 0 Å². The van der Waals surface area contributed by atoms with E-state index >= 15 is 0 Å². The molecule has 1 saturated heterocycles. The van der Waals surface area contributed by atoms with Crippen LogP contribution in [0.3, 0.4) is 0 Å². The minimum atomic E-state index is -3.66. The lowest BCUT2D eigenvalue weighted by Crippen LogP contribution is -2.35. The maximum absolute atomic E-state index is 13.1. The van der Waals surface area contributed by atoms with Gasteiger partial charge in [0.15, 0.2) is 0 Å². The van der Waals surface area contributed by atoms with Crippen molar-refractivity contribution in [3.05, 3.63) is 58.7 Å². The van der Waals surface area contributed by atoms with Gasteiger partial charge in [-0.1, -0.05) is 30.2 Å². The summed E-state index contributed by atoms with van der Waals surface area (Å²) in [5.41, 5.74) is 4.55. The second-order valence-electron chi connectivity index (χ2n) is 7.97. The third-order valence-corrected chi connectivity index (χ3v) is 7.39. The molecule has 0 saturated carbocycles. The molecule has 1 amide bonds. The molecule has 0 aromatic heterocycles. The molecule has 0 radical (unpaired) electrons. The molecule has 31 heavy (non-hydrogen) atoms. The second-order valence-corrected chi connectivity index (χ2v) is 9.88. The average Bonchev–Trinajstić information content (AvgIpc) is 2.75. The van der Waals surface area contributed by atoms with Crippen molar-refractivity contribution in [1.82, 2.24) is 4.31 Å². The molecule has 1 fully saturated rings. The third kappa shape index (κ3) is 5.35. The predicted molar refractivity (Wildman–Crippen MR) is 124 cm³/mol. The molecule has 1 aliphatic rings. The monoisotopic (exact) mass is 442 g/mol. The lowest BCUT2D eigenvalue weighted by Gasteiger charge is -2.26. The fourth-order valence-corrected chi connectivity index (χ4v) is 5.66. The smallest absolute Gasteiger partial charge is 0.248 e. The first-order chi connectivity index (χ1) is 14.7. The molecule has 0 spiro atoms. The number of ether oxygens (including phenoxy) is 1. The number of benzene rings is 2. The fraction of sp³-hybridized carbons (Fsp3) is 0.375. The fourth-order valence-electron chi connectivity index (χ4n) is 3.96. The molecule has 0 bridgehead atoms. The Hall–Kier alpha value is -2.64. The molecule has 2 aromatic carbocycles. The topological polar surface area (TPSA) is 75.7 Å². The number of hydrogen-bond donors (Lipinski definition) is 1. The summed E-state index contributed by atoms with van der Waals surface area (Å²) in [7, 11) is -2.20. The van der Waals surface area contributed by atoms with Crippen LogP contribution in [-0.4, -0.2) is 38.8 Å². The Kier molecular flexibility index (Phi) is 7.18. The Labute approximate surface area is 185 Å². The molecule has 3 rings (SSSR count). The number of nitrogens with zero attached hydrogens (tertiary/aromatic N) is 1. The number of nitrogens with one attached hydrogen (secondary N) is 1. The highest BCUT2D eigenvalue weighted by Crippen LogP contribution is 2.30. The molecule has 1 N–H and O–H groups in total. The van der Waals surface area contributed by atoms with E-state index < -0.39 is 10.0 Å². The van der Waals surface area contributed by atoms with Crippen LogP contribution in [-0.2, 0) is 14.8 Å². The Morgan fingerprint density at radius 2 is 1.68 bits per heavy atom. The highest BCUT2D eigenvalue weighted by molar-refractivity contribution is 7.89. The SMILES string of the molecule is COc1ccc(C=CC(=O)Nc2c(C)cc(C)cc2C)cc1S(=O)(=O)N1CCCCC1. The summed E-state index contributed by atoms with van der Waals surface area (Å²) in [6.07, 6.45) is 5.79. The van der Waals surface area contributed by atoms with Crippen LogP contribution >= 0.6 is 0 Å². The quantitative estimate of drug-likeness (QED) is 0.671. The standard InChI is InChI=1S/C24H30N2O4S/c1-17-14-18(2)24(19(3)15-17)25-23(27)11-9-20-8-10-21(30-4)22(16-20)31(28,29)26-12-6-5-7-13-26/h8-11,14-16H,5-7,12-13H2,1-4H3,(H,25,27). The largest absolute Gasteiger partial charge is 0.495 e. The van der Waals surface area contributed by atoms with Gasteiger partial charge in [0.05, 0.1) is 7.11 Å². The van der Waals surface area contributed by atoms with Crippen LogP contribution in [0.25, 0.3) is 6.08 Å². The maximum Gasteiger partial charge on any atom is 0.248 e. The zero-order valence-corrected chi connectivity index (χ0v) is 19.4. The van der Waals surface area contributed by atoms with Crippen molar-refractivity contribution in [2.45, 2.75) is 44.9 Å². The van der Waals surface area contributed by atoms with E-state index in [-0.39, 0.29) is 10.8 Å². The van der Waals surface area contributed by atoms with Gasteiger partial charge in [-0.2, -0.15) is 4.31 Å². The Balaban J connectivity index is 1.83. The van der Waals surface area contributed by atoms with Gasteiger partial charge in [-0.25, -0.2) is 8.42 Å². The van der Waals surface area contributed by atoms with Crippen LogP contribution < -0.4 is 10.1 Å². The summed E-state index contributed by atoms with van der Waals surface area (Å²) in [4.78, 5) is 12.6. The van der Waals surface area contributed by atoms with Crippen LogP contribution in [0.5, 0.6) is 5.75 Å². The Bertz CT molecular complexity index is 1080. The van der Waals surface area contributed by atoms with E-state index in [0.29, 0.717) is 24.4 Å². The van der Waals surface area contributed by atoms with Crippen molar-refractivity contribution >= 4 is 27.7 Å². The number of piperidine rings is 1. The van der Waals surface area contributed by atoms with Gasteiger partial charge in [0.1, 0.15) is 10.6 Å². The molecule has 0 aliphatic carbocycles. The molecular weight excluding hydrogens is 412 g/mol. The molecule has 0 unspecified atom stereocenters. The molecule has 166 valence electrons. The number of carbonyl (C=O) groups is 1. The summed E-state index contributed by atoms with van der Waals surface area (Å²) in [5.74, 6) is 0.0318. The average molecular weight is 443 g/mol. The van der Waals surface area contributed by atoms with Gasteiger partial charge in [0, 0.05) is 24.9 Å². The van der Waals surface area contributed by atoms with Gasteiger partial charge in [-0.15, -0.1) is 0 Å². The normalized spacial score (nSPS) is 15.2. The van der Waals surface area contributed by atoms with E-state index in [1.54, 1.807) is 24.3 Å². The minimum Gasteiger partial charge on any atom is -0.495 e. The zero-order valence-electron chi connectivity index (χ0n) is 18.6. The van der Waals surface area contributed by atoms with Crippen molar-refractivity contribution in [2.75, 3.05) is 25.5 Å². The number of sulfonamides is 1. The Morgan fingerprint density at radius 3 is 2.29 bits per heavy atom. The maximum atomic E-state index is 13.1. The van der Waals surface area contributed by atoms with Crippen molar-refractivity contribution in [2.24, 2.45) is 0 Å². The summed E-state index contributed by atoms with van der Waals surface area (Å²) in [5, 5.41) is 2.92. The number of hydrogen-bond acceptors (Lipinski definition) is 4. The van der Waals surface area contributed by atoms with Crippen LogP contribution in [0.15, 0.2) is 41.3 Å². The highest BCUT2D eigenvalue weighted by Gasteiger charge is 2.29. The number of carbonyl (C=O) groups excluding carboxylic acids is 1. The van der Waals surface area contributed by atoms with Crippen LogP contribution in [0.2, 0.25) is 0 Å². The van der Waals surface area contributed by atoms with Crippen molar-refractivity contribution in [3.63, 3.8) is 0 Å². The van der Waals surface area contributed by atoms with Gasteiger partial charge < -0.3 is 10.1 Å². The van der Waals surface area contributed by atoms with Crippen molar-refractivity contribution < 1.29 is 17.9 Å². The Morgan fingerprint density at radius 1 is 1.03 bits per heavy atom. The predicted octanol–water partition coefficient (Wildman–Crippen LogP) is 4.45. The summed E-state index contributed by atoms with van der Waals surface area (Å²) >= 11 is 0. The summed E-state index contributed by atoms with van der Waals surface area (Å²) in [6.45, 7) is 6.97. The van der Waals surface area contributed by atoms with Gasteiger partial charge in [-0.3, -0.25) is 4.79 Å². The van der Waals surface area contributed by atoms with Crippen LogP contribution in [0.4, 0.5) is 5.69 Å². The molecule has 0 atom stereocenters. The molecule has 7 heteroatoms. The first kappa shape index (κ1) is 23.0. The van der Waals surface area contributed by atoms with Gasteiger partial charge in [0.2, 0.25) is 15.9 Å². The van der Waals surface area contributed by atoms with Crippen LogP contribution in [0.1, 0.15) is 41.5 Å². The summed E-state index contributed by atoms with van der Waals surface area (Å²) in [6, 6.07) is 8.97. The number of rotatable bonds is 6. The van der Waals surface area contributed by atoms with Crippen molar-refractivity contribution in [3.8, 4) is 5.75 Å². The lowest BCUT2D eigenvalue weighted by molar-refractivity contribution is -0.111. The molecule has 1 heterocycles. The van der Waals surface area contributed by atoms with E-state index in [2.05, 4.69) is 5.32 Å². The van der Waals surface area contributed by atoms with Gasteiger partial charge in [0.25, 0.3) is 0 Å². The highest BCUT2D eigenvalue weighted by atomic mass is 32.2. The van der Waals surface area contributed by atoms with Crippen LogP contribution in [0, 0.1) is 20.8 Å². The zero-order chi connectivity index (χ0) is 22.6. The molecule has 2 aromatic rings. The van der Waals surface area contributed by atoms with E-state index in [9.17, 15) is 13.2 Å². The first-order valence-electron chi connectivity index (χ1n) is 10.5. The first-order valence-corrected chi connectivity index (χ1v) is 11.9. The summed E-state index contributed by atoms with van der Waals surface area (Å²) < 4.78 is 33.1. The van der Waals surface area contributed by atoms with E-state index in [4.69, 9.17) is 4.74 Å². The molecular formula is C24H30N2O4S. The number of aryl methyl sites for hydroxylation is 3. The molecule has 1 aliphatic heterocycles. The molecule has 6 nitrogen and oxygen atoms in total. The van der Waals surface area contributed by atoms with E-state index in [1.807, 2.05) is 32.9 Å².